The van der Waals surface area contributed by atoms with Crippen molar-refractivity contribution >= 4 is 48.9 Å². The van der Waals surface area contributed by atoms with Crippen LogP contribution in [0.15, 0.2) is 24.3 Å². The molecule has 0 fully saturated rings. The number of phenols is 1. The summed E-state index contributed by atoms with van der Waals surface area (Å²) in [6.45, 7) is 6.46. The molecule has 2 heteroatoms. The van der Waals surface area contributed by atoms with E-state index in [2.05, 4.69) is 20.8 Å². The van der Waals surface area contributed by atoms with Crippen LogP contribution in [0.4, 0.5) is 0 Å². The normalized spacial score (nSPS) is 10.6. The van der Waals surface area contributed by atoms with Gasteiger partial charge in [-0.3, -0.25) is 0 Å². The fourth-order valence-corrected chi connectivity index (χ4v) is 0.961. The molecule has 0 saturated carbocycles. The Morgan fingerprint density at radius 2 is 1.42 bits per heavy atom. The second-order valence-corrected chi connectivity index (χ2v) is 3.80. The van der Waals surface area contributed by atoms with Gasteiger partial charge in [0.1, 0.15) is 5.75 Å². The van der Waals surface area contributed by atoms with Crippen molar-refractivity contribution in [2.75, 3.05) is 0 Å². The van der Waals surface area contributed by atoms with Crippen LogP contribution in [0.25, 0.3) is 0 Å². The number of hydrogen-bond acceptors (Lipinski definition) is 1. The van der Waals surface area contributed by atoms with Gasteiger partial charge in [0.25, 0.3) is 0 Å². The molecule has 1 rings (SSSR count). The van der Waals surface area contributed by atoms with Crippen molar-refractivity contribution in [3.8, 4) is 5.75 Å². The Balaban J connectivity index is 0.00000121. The molecule has 0 aliphatic carbocycles. The molecule has 0 aliphatic heterocycles. The number of benzene rings is 1. The molecule has 64 valence electrons. The summed E-state index contributed by atoms with van der Waals surface area (Å²) in [4.78, 5) is 0. The van der Waals surface area contributed by atoms with Gasteiger partial charge >= 0.3 is 48.9 Å². The molecule has 1 aromatic carbocycles. The summed E-state index contributed by atoms with van der Waals surface area (Å²) < 4.78 is 0. The molecule has 0 saturated heterocycles. The molecule has 1 N–H and O–H groups in total. The number of hydrogen-bond donors (Lipinski definition) is 1. The molecule has 0 spiro atoms. The fraction of sp³-hybridized carbons (Fsp3) is 0.400. The zero-order chi connectivity index (χ0) is 8.48. The minimum atomic E-state index is 0. The number of rotatable bonds is 0. The van der Waals surface area contributed by atoms with Crippen LogP contribution >= 0.6 is 0 Å². The van der Waals surface area contributed by atoms with E-state index in [9.17, 15) is 0 Å². The van der Waals surface area contributed by atoms with Crippen molar-refractivity contribution in [1.29, 1.82) is 0 Å². The molecule has 1 nitrogen and oxygen atoms in total. The van der Waals surface area contributed by atoms with Crippen molar-refractivity contribution in [3.05, 3.63) is 29.8 Å². The summed E-state index contributed by atoms with van der Waals surface area (Å²) in [5, 5.41) is 9.02. The van der Waals surface area contributed by atoms with E-state index in [1.54, 1.807) is 12.1 Å². The van der Waals surface area contributed by atoms with Crippen LogP contribution in [-0.4, -0.2) is 54.0 Å². The summed E-state index contributed by atoms with van der Waals surface area (Å²) in [6, 6.07) is 7.35. The summed E-state index contributed by atoms with van der Waals surface area (Å²) in [5.41, 5.74) is 1.42. The molecule has 0 bridgehead atoms. The summed E-state index contributed by atoms with van der Waals surface area (Å²) in [6.07, 6.45) is 0. The second kappa shape index (κ2) is 4.72. The maximum absolute atomic E-state index is 9.02. The molecule has 0 atom stereocenters. The van der Waals surface area contributed by atoms with Crippen molar-refractivity contribution in [2.24, 2.45) is 0 Å². The van der Waals surface area contributed by atoms with Crippen LogP contribution in [0, 0.1) is 0 Å². The Hall–Kier alpha value is 0.591. The Morgan fingerprint density at radius 1 is 1.00 bits per heavy atom. The van der Waals surface area contributed by atoms with E-state index in [1.165, 1.54) is 5.56 Å². The minimum absolute atomic E-state index is 0. The van der Waals surface area contributed by atoms with Crippen LogP contribution in [0.2, 0.25) is 0 Å². The average molecular weight is 290 g/mol. The van der Waals surface area contributed by atoms with Gasteiger partial charge in [-0.05, 0) is 23.1 Å². The first-order chi connectivity index (χ1) is 5.00. The van der Waals surface area contributed by atoms with E-state index in [4.69, 9.17) is 5.11 Å². The van der Waals surface area contributed by atoms with E-state index in [1.807, 2.05) is 12.1 Å². The van der Waals surface area contributed by atoms with Crippen LogP contribution in [0.1, 0.15) is 26.3 Å². The molecular formula is C10H16BaO. The van der Waals surface area contributed by atoms with Gasteiger partial charge in [-0.15, -0.1) is 0 Å². The molecule has 12 heavy (non-hydrogen) atoms. The van der Waals surface area contributed by atoms with Gasteiger partial charge in [0.2, 0.25) is 0 Å². The maximum atomic E-state index is 9.02. The first-order valence-electron chi connectivity index (χ1n) is 3.79. The summed E-state index contributed by atoms with van der Waals surface area (Å²) >= 11 is 0. The number of phenolic OH excluding ortho intramolecular Hbond substituents is 1. The topological polar surface area (TPSA) is 20.2 Å². The zero-order valence-corrected chi connectivity index (χ0v) is 7.26. The SMILES string of the molecule is CC(C)(C)c1ccc(O)cc1.[BaH2]. The van der Waals surface area contributed by atoms with Gasteiger partial charge < -0.3 is 5.11 Å². The molecule has 0 aromatic heterocycles. The molecule has 1 aromatic rings. The molecule has 0 amide bonds. The quantitative estimate of drug-likeness (QED) is 0.722. The second-order valence-electron chi connectivity index (χ2n) is 3.80. The van der Waals surface area contributed by atoms with Gasteiger partial charge in [-0.1, -0.05) is 32.9 Å². The number of aromatic hydroxyl groups is 1. The van der Waals surface area contributed by atoms with Gasteiger partial charge in [0.05, 0.1) is 0 Å². The van der Waals surface area contributed by atoms with E-state index >= 15 is 0 Å². The third kappa shape index (κ3) is 3.54. The Kier molecular flexibility index (Phi) is 4.96. The first-order valence-corrected chi connectivity index (χ1v) is 3.79. The van der Waals surface area contributed by atoms with Gasteiger partial charge in [-0.25, -0.2) is 0 Å². The van der Waals surface area contributed by atoms with Gasteiger partial charge in [0.15, 0.2) is 0 Å². The predicted octanol–water partition coefficient (Wildman–Crippen LogP) is 1.77. The monoisotopic (exact) mass is 290 g/mol. The Bertz CT molecular complexity index is 233. The Morgan fingerprint density at radius 3 is 1.75 bits per heavy atom. The van der Waals surface area contributed by atoms with Crippen molar-refractivity contribution in [3.63, 3.8) is 0 Å². The van der Waals surface area contributed by atoms with E-state index in [0.717, 1.165) is 0 Å². The summed E-state index contributed by atoms with van der Waals surface area (Å²) in [7, 11) is 0. The van der Waals surface area contributed by atoms with Crippen LogP contribution in [0.5, 0.6) is 5.75 Å². The zero-order valence-electron chi connectivity index (χ0n) is 7.26. The van der Waals surface area contributed by atoms with Crippen LogP contribution in [0.3, 0.4) is 0 Å². The standard InChI is InChI=1S/C10H14O.Ba.2H/c1-10(2,3)8-4-6-9(11)7-5-8;;;/h4-7,11H,1-3H3;;;. The van der Waals surface area contributed by atoms with Crippen LogP contribution in [-0.2, 0) is 5.41 Å². The van der Waals surface area contributed by atoms with E-state index in [0.29, 0.717) is 5.75 Å². The molecule has 0 aliphatic rings. The molecular weight excluding hydrogens is 273 g/mol. The average Bonchev–Trinajstić information content (AvgIpc) is 1.86. The molecule has 0 radical (unpaired) electrons. The van der Waals surface area contributed by atoms with E-state index < -0.39 is 0 Å². The van der Waals surface area contributed by atoms with E-state index in [-0.39, 0.29) is 54.3 Å². The Labute approximate surface area is 114 Å². The molecule has 0 heterocycles. The summed E-state index contributed by atoms with van der Waals surface area (Å²) in [5.74, 6) is 0.331. The third-order valence-electron chi connectivity index (χ3n) is 1.73. The van der Waals surface area contributed by atoms with Crippen molar-refractivity contribution in [2.45, 2.75) is 26.2 Å². The predicted molar refractivity (Wildman–Crippen MR) is 55.4 cm³/mol. The third-order valence-corrected chi connectivity index (χ3v) is 1.73. The van der Waals surface area contributed by atoms with Crippen LogP contribution < -0.4 is 0 Å². The van der Waals surface area contributed by atoms with Gasteiger partial charge in [0, 0.05) is 0 Å². The van der Waals surface area contributed by atoms with Crippen molar-refractivity contribution in [1.82, 2.24) is 0 Å². The van der Waals surface area contributed by atoms with Gasteiger partial charge in [-0.2, -0.15) is 0 Å². The van der Waals surface area contributed by atoms with Crippen molar-refractivity contribution < 1.29 is 5.11 Å². The first kappa shape index (κ1) is 12.6. The molecule has 0 unspecified atom stereocenters. The fourth-order valence-electron chi connectivity index (χ4n) is 0.961.